The first-order chi connectivity index (χ1) is 11.9. The van der Waals surface area contributed by atoms with Gasteiger partial charge in [-0.05, 0) is 36.8 Å². The summed E-state index contributed by atoms with van der Waals surface area (Å²) in [4.78, 5) is 36.8. The number of nitrogens with zero attached hydrogens (tertiary/aromatic N) is 1. The largest absolute Gasteiger partial charge is 0.484 e. The molecule has 8 nitrogen and oxygen atoms in total. The van der Waals surface area contributed by atoms with Gasteiger partial charge >= 0.3 is 5.97 Å². The summed E-state index contributed by atoms with van der Waals surface area (Å²) in [6, 6.07) is 5.85. The van der Waals surface area contributed by atoms with Crippen LogP contribution in [0.1, 0.15) is 6.92 Å². The van der Waals surface area contributed by atoms with Crippen LogP contribution < -0.4 is 15.8 Å². The maximum absolute atomic E-state index is 12.2. The molecule has 0 aliphatic carbocycles. The van der Waals surface area contributed by atoms with Gasteiger partial charge in [-0.15, -0.1) is 11.8 Å². The Morgan fingerprint density at radius 3 is 2.72 bits per heavy atom. The first-order valence-electron chi connectivity index (χ1n) is 7.54. The van der Waals surface area contributed by atoms with Crippen LogP contribution >= 0.6 is 11.8 Å². The number of β-lactam (4-membered cyclic amide) rings is 1. The maximum Gasteiger partial charge on any atom is 0.352 e. The van der Waals surface area contributed by atoms with Crippen LogP contribution in [0.15, 0.2) is 35.5 Å². The number of thioether (sulfide) groups is 1. The lowest BCUT2D eigenvalue weighted by Gasteiger charge is -2.49. The first-order valence-corrected chi connectivity index (χ1v) is 8.59. The molecule has 2 aliphatic heterocycles. The fourth-order valence-corrected chi connectivity index (χ4v) is 4.00. The van der Waals surface area contributed by atoms with E-state index in [1.807, 2.05) is 0 Å². The van der Waals surface area contributed by atoms with Crippen molar-refractivity contribution in [3.05, 3.63) is 35.5 Å². The molecule has 0 spiro atoms. The summed E-state index contributed by atoms with van der Waals surface area (Å²) in [7, 11) is 0. The number of rotatable bonds is 5. The minimum Gasteiger partial charge on any atom is -0.484 e. The Labute approximate surface area is 148 Å². The molecule has 132 valence electrons. The molecule has 0 saturated carbocycles. The van der Waals surface area contributed by atoms with E-state index in [1.54, 1.807) is 31.2 Å². The van der Waals surface area contributed by atoms with Crippen molar-refractivity contribution < 1.29 is 24.2 Å². The molecule has 2 aliphatic rings. The topological polar surface area (TPSA) is 122 Å². The van der Waals surface area contributed by atoms with Crippen LogP contribution in [0.25, 0.3) is 0 Å². The van der Waals surface area contributed by atoms with E-state index in [-0.39, 0.29) is 12.3 Å². The highest BCUT2D eigenvalue weighted by Gasteiger charge is 2.53. The monoisotopic (exact) mass is 363 g/mol. The smallest absolute Gasteiger partial charge is 0.352 e. The van der Waals surface area contributed by atoms with Crippen molar-refractivity contribution in [3.8, 4) is 5.75 Å². The van der Waals surface area contributed by atoms with Crippen molar-refractivity contribution in [3.63, 3.8) is 0 Å². The standard InChI is InChI=1S/C16H17N3O5S/c1-8-7-25-15-12(14(21)19(15)13(8)16(22)23)18-11(20)6-24-10-4-2-9(17)3-5-10/h2-5,12,15H,6-7,17H2,1H3,(H,18,20)(H,22,23)/t12?,15-/m0/s1. The number of nitrogens with one attached hydrogen (secondary N) is 1. The van der Waals surface area contributed by atoms with E-state index in [0.717, 1.165) is 0 Å². The number of carbonyl (C=O) groups is 3. The molecule has 3 rings (SSSR count). The summed E-state index contributed by atoms with van der Waals surface area (Å²) in [6.45, 7) is 1.44. The molecule has 1 aromatic carbocycles. The summed E-state index contributed by atoms with van der Waals surface area (Å²) < 4.78 is 5.34. The number of hydrogen-bond donors (Lipinski definition) is 3. The van der Waals surface area contributed by atoms with Crippen molar-refractivity contribution in [2.75, 3.05) is 18.1 Å². The molecule has 25 heavy (non-hydrogen) atoms. The van der Waals surface area contributed by atoms with Gasteiger partial charge < -0.3 is 20.9 Å². The van der Waals surface area contributed by atoms with Crippen LogP contribution in [-0.4, -0.2) is 51.6 Å². The van der Waals surface area contributed by atoms with Gasteiger partial charge in [-0.1, -0.05) is 0 Å². The molecule has 2 amide bonds. The number of ether oxygens (including phenoxy) is 1. The van der Waals surface area contributed by atoms with Gasteiger partial charge in [0.1, 0.15) is 22.9 Å². The number of nitrogen functional groups attached to an aromatic ring is 1. The highest BCUT2D eigenvalue weighted by atomic mass is 32.2. The number of nitrogens with two attached hydrogens (primary N) is 1. The number of fused-ring (bicyclic) bond motifs is 1. The van der Waals surface area contributed by atoms with E-state index in [2.05, 4.69) is 5.32 Å². The Kier molecular flexibility index (Phi) is 4.58. The van der Waals surface area contributed by atoms with Gasteiger partial charge in [0.2, 0.25) is 0 Å². The summed E-state index contributed by atoms with van der Waals surface area (Å²) in [5.74, 6) is -1.00. The van der Waals surface area contributed by atoms with Crippen LogP contribution in [0.4, 0.5) is 5.69 Å². The highest BCUT2D eigenvalue weighted by molar-refractivity contribution is 8.00. The number of amides is 2. The number of anilines is 1. The van der Waals surface area contributed by atoms with Gasteiger partial charge in [-0.2, -0.15) is 0 Å². The lowest BCUT2D eigenvalue weighted by molar-refractivity contribution is -0.150. The number of aliphatic carboxylic acids is 1. The van der Waals surface area contributed by atoms with Crippen LogP contribution in [-0.2, 0) is 14.4 Å². The van der Waals surface area contributed by atoms with E-state index >= 15 is 0 Å². The third-order valence-corrected chi connectivity index (χ3v) is 5.35. The average Bonchev–Trinajstić information content (AvgIpc) is 2.58. The lowest BCUT2D eigenvalue weighted by atomic mass is 10.0. The van der Waals surface area contributed by atoms with Gasteiger partial charge in [0.05, 0.1) is 0 Å². The number of carbonyl (C=O) groups excluding carboxylic acids is 2. The average molecular weight is 363 g/mol. The zero-order chi connectivity index (χ0) is 18.1. The van der Waals surface area contributed by atoms with Gasteiger partial charge in [0.15, 0.2) is 6.61 Å². The number of hydrogen-bond acceptors (Lipinski definition) is 6. The molecule has 1 unspecified atom stereocenters. The molecular weight excluding hydrogens is 346 g/mol. The molecule has 0 radical (unpaired) electrons. The van der Waals surface area contributed by atoms with E-state index in [1.165, 1.54) is 16.7 Å². The molecule has 2 atom stereocenters. The maximum atomic E-state index is 12.2. The van der Waals surface area contributed by atoms with Crippen molar-refractivity contribution in [2.45, 2.75) is 18.3 Å². The van der Waals surface area contributed by atoms with Crippen LogP contribution in [0, 0.1) is 0 Å². The third-order valence-electron chi connectivity index (χ3n) is 3.93. The van der Waals surface area contributed by atoms with E-state index in [9.17, 15) is 19.5 Å². The Hall–Kier alpha value is -2.68. The summed E-state index contributed by atoms with van der Waals surface area (Å²) in [6.07, 6.45) is 0. The first kappa shape index (κ1) is 17.2. The minimum absolute atomic E-state index is 0.0115. The quantitative estimate of drug-likeness (QED) is 0.511. The van der Waals surface area contributed by atoms with Crippen LogP contribution in [0.5, 0.6) is 5.75 Å². The second-order valence-electron chi connectivity index (χ2n) is 5.75. The second-order valence-corrected chi connectivity index (χ2v) is 6.85. The van der Waals surface area contributed by atoms with Gasteiger partial charge in [-0.3, -0.25) is 14.5 Å². The Balaban J connectivity index is 1.58. The SMILES string of the molecule is CC1=C(C(=O)O)N2C(=O)C(NC(=O)COc3ccc(N)cc3)[C@@H]2SC1. The molecule has 1 aromatic rings. The van der Waals surface area contributed by atoms with E-state index < -0.39 is 29.2 Å². The molecule has 4 N–H and O–H groups in total. The normalized spacial score (nSPS) is 22.1. The van der Waals surface area contributed by atoms with Gasteiger partial charge in [-0.25, -0.2) is 4.79 Å². The predicted octanol–water partition coefficient (Wildman–Crippen LogP) is 0.406. The van der Waals surface area contributed by atoms with Crippen molar-refractivity contribution >= 4 is 35.2 Å². The molecule has 0 aromatic heterocycles. The fourth-order valence-electron chi connectivity index (χ4n) is 2.70. The highest BCUT2D eigenvalue weighted by Crippen LogP contribution is 2.40. The molecule has 9 heteroatoms. The van der Waals surface area contributed by atoms with Gasteiger partial charge in [0.25, 0.3) is 11.8 Å². The third kappa shape index (κ3) is 3.27. The zero-order valence-electron chi connectivity index (χ0n) is 13.4. The Morgan fingerprint density at radius 2 is 2.08 bits per heavy atom. The second kappa shape index (κ2) is 6.67. The molecule has 0 bridgehead atoms. The summed E-state index contributed by atoms with van der Waals surface area (Å²) in [5.41, 5.74) is 6.81. The predicted molar refractivity (Wildman–Crippen MR) is 91.7 cm³/mol. The van der Waals surface area contributed by atoms with Crippen molar-refractivity contribution in [1.29, 1.82) is 0 Å². The van der Waals surface area contributed by atoms with E-state index in [4.69, 9.17) is 10.5 Å². The number of benzene rings is 1. The van der Waals surface area contributed by atoms with Crippen molar-refractivity contribution in [2.24, 2.45) is 0 Å². The molecule has 1 saturated heterocycles. The zero-order valence-corrected chi connectivity index (χ0v) is 14.2. The minimum atomic E-state index is -1.13. The van der Waals surface area contributed by atoms with Crippen LogP contribution in [0.2, 0.25) is 0 Å². The Morgan fingerprint density at radius 1 is 1.40 bits per heavy atom. The lowest BCUT2D eigenvalue weighted by Crippen LogP contribution is -2.70. The molecule has 2 heterocycles. The van der Waals surface area contributed by atoms with E-state index in [0.29, 0.717) is 22.8 Å². The fraction of sp³-hybridized carbons (Fsp3) is 0.312. The Bertz CT molecular complexity index is 762. The summed E-state index contributed by atoms with van der Waals surface area (Å²) >= 11 is 1.43. The number of carboxylic acid groups (broad SMARTS) is 1. The molecule has 1 fully saturated rings. The van der Waals surface area contributed by atoms with Gasteiger partial charge in [0, 0.05) is 11.4 Å². The summed E-state index contributed by atoms with van der Waals surface area (Å²) in [5, 5.41) is 11.5. The van der Waals surface area contributed by atoms with Crippen LogP contribution in [0.3, 0.4) is 0 Å². The number of carboxylic acids is 1. The van der Waals surface area contributed by atoms with Crippen molar-refractivity contribution in [1.82, 2.24) is 10.2 Å². The molecular formula is C16H17N3O5S.